The maximum Gasteiger partial charge on any atom is 0.243 e. The van der Waals surface area contributed by atoms with Gasteiger partial charge in [-0.2, -0.15) is 9.57 Å². The summed E-state index contributed by atoms with van der Waals surface area (Å²) in [6.07, 6.45) is 2.97. The van der Waals surface area contributed by atoms with Crippen LogP contribution in [-0.4, -0.2) is 25.8 Å². The molecule has 0 aromatic heterocycles. The maximum atomic E-state index is 12.4. The van der Waals surface area contributed by atoms with E-state index >= 15 is 0 Å². The predicted octanol–water partition coefficient (Wildman–Crippen LogP) is 2.04. The fourth-order valence-electron chi connectivity index (χ4n) is 2.03. The van der Waals surface area contributed by atoms with Crippen molar-refractivity contribution in [3.8, 4) is 6.07 Å². The van der Waals surface area contributed by atoms with Crippen molar-refractivity contribution in [2.45, 2.75) is 37.1 Å². The Kier molecular flexibility index (Phi) is 3.42. The van der Waals surface area contributed by atoms with E-state index in [1.807, 2.05) is 6.07 Å². The van der Waals surface area contributed by atoms with E-state index in [1.165, 1.54) is 10.4 Å². The standard InChI is InChI=1S/C13H16N2O2S/c1-10-8-13(7-6-11(10)9-14)18(16,17)15(2)12-4-3-5-12/h6-8,12H,3-5H2,1-2H3. The molecule has 1 aromatic rings. The molecule has 0 spiro atoms. The summed E-state index contributed by atoms with van der Waals surface area (Å²) in [6, 6.07) is 6.82. The van der Waals surface area contributed by atoms with Crippen LogP contribution in [0.1, 0.15) is 30.4 Å². The van der Waals surface area contributed by atoms with Gasteiger partial charge in [-0.25, -0.2) is 8.42 Å². The van der Waals surface area contributed by atoms with Crippen molar-refractivity contribution < 1.29 is 8.42 Å². The summed E-state index contributed by atoms with van der Waals surface area (Å²) in [6.45, 7) is 1.75. The Labute approximate surface area is 108 Å². The van der Waals surface area contributed by atoms with E-state index in [1.54, 1.807) is 26.1 Å². The molecule has 5 heteroatoms. The van der Waals surface area contributed by atoms with Gasteiger partial charge in [0.2, 0.25) is 10.0 Å². The molecule has 96 valence electrons. The number of nitrogens with zero attached hydrogens (tertiary/aromatic N) is 2. The lowest BCUT2D eigenvalue weighted by Gasteiger charge is -2.33. The van der Waals surface area contributed by atoms with Crippen LogP contribution in [0.3, 0.4) is 0 Å². The third kappa shape index (κ3) is 2.14. The largest absolute Gasteiger partial charge is 0.243 e. The molecule has 1 aromatic carbocycles. The predicted molar refractivity (Wildman–Crippen MR) is 68.5 cm³/mol. The van der Waals surface area contributed by atoms with Crippen molar-refractivity contribution in [1.29, 1.82) is 5.26 Å². The first-order chi connectivity index (χ1) is 8.46. The molecule has 1 aliphatic carbocycles. The molecule has 2 rings (SSSR count). The molecule has 0 aliphatic heterocycles. The molecule has 1 saturated carbocycles. The number of rotatable bonds is 3. The van der Waals surface area contributed by atoms with Crippen molar-refractivity contribution in [1.82, 2.24) is 4.31 Å². The van der Waals surface area contributed by atoms with E-state index in [2.05, 4.69) is 0 Å². The molecule has 0 heterocycles. The molecule has 1 aliphatic rings. The first kappa shape index (κ1) is 13.1. The van der Waals surface area contributed by atoms with Gasteiger partial charge >= 0.3 is 0 Å². The summed E-state index contributed by atoms with van der Waals surface area (Å²) in [5.74, 6) is 0. The van der Waals surface area contributed by atoms with Crippen LogP contribution in [0.5, 0.6) is 0 Å². The van der Waals surface area contributed by atoms with Crippen molar-refractivity contribution in [3.63, 3.8) is 0 Å². The summed E-state index contributed by atoms with van der Waals surface area (Å²) in [5, 5.41) is 8.85. The average molecular weight is 264 g/mol. The van der Waals surface area contributed by atoms with E-state index in [0.717, 1.165) is 19.3 Å². The second-order valence-electron chi connectivity index (χ2n) is 4.69. The zero-order valence-electron chi connectivity index (χ0n) is 10.5. The van der Waals surface area contributed by atoms with Crippen molar-refractivity contribution in [2.75, 3.05) is 7.05 Å². The fourth-order valence-corrected chi connectivity index (χ4v) is 3.54. The van der Waals surface area contributed by atoms with Crippen LogP contribution >= 0.6 is 0 Å². The van der Waals surface area contributed by atoms with Crippen LogP contribution in [0.2, 0.25) is 0 Å². The summed E-state index contributed by atoms with van der Waals surface area (Å²) < 4.78 is 26.2. The van der Waals surface area contributed by atoms with Gasteiger partial charge in [-0.1, -0.05) is 6.42 Å². The van der Waals surface area contributed by atoms with Gasteiger partial charge in [0, 0.05) is 13.1 Å². The Balaban J connectivity index is 2.35. The van der Waals surface area contributed by atoms with E-state index < -0.39 is 10.0 Å². The van der Waals surface area contributed by atoms with E-state index in [-0.39, 0.29) is 10.9 Å². The van der Waals surface area contributed by atoms with Crippen LogP contribution in [0, 0.1) is 18.3 Å². The molecular formula is C13H16N2O2S. The third-order valence-electron chi connectivity index (χ3n) is 3.58. The molecule has 0 radical (unpaired) electrons. The topological polar surface area (TPSA) is 61.2 Å². The highest BCUT2D eigenvalue weighted by atomic mass is 32.2. The second kappa shape index (κ2) is 4.71. The smallest absolute Gasteiger partial charge is 0.207 e. The van der Waals surface area contributed by atoms with Crippen molar-refractivity contribution in [2.24, 2.45) is 0 Å². The lowest BCUT2D eigenvalue weighted by molar-refractivity contribution is 0.249. The molecule has 4 nitrogen and oxygen atoms in total. The SMILES string of the molecule is Cc1cc(S(=O)(=O)N(C)C2CCC2)ccc1C#N. The molecular weight excluding hydrogens is 248 g/mol. The molecule has 0 bridgehead atoms. The Morgan fingerprint density at radius 2 is 2.06 bits per heavy atom. The third-order valence-corrected chi connectivity index (χ3v) is 5.49. The summed E-state index contributed by atoms with van der Waals surface area (Å²) in [4.78, 5) is 0.272. The van der Waals surface area contributed by atoms with Crippen LogP contribution in [0.4, 0.5) is 0 Å². The van der Waals surface area contributed by atoms with Gasteiger partial charge in [0.05, 0.1) is 16.5 Å². The van der Waals surface area contributed by atoms with E-state index in [4.69, 9.17) is 5.26 Å². The van der Waals surface area contributed by atoms with Crippen LogP contribution in [-0.2, 0) is 10.0 Å². The number of benzene rings is 1. The Morgan fingerprint density at radius 3 is 2.50 bits per heavy atom. The van der Waals surface area contributed by atoms with Gasteiger partial charge in [0.15, 0.2) is 0 Å². The zero-order chi connectivity index (χ0) is 13.3. The highest BCUT2D eigenvalue weighted by Crippen LogP contribution is 2.28. The first-order valence-corrected chi connectivity index (χ1v) is 7.39. The van der Waals surface area contributed by atoms with Crippen molar-refractivity contribution >= 4 is 10.0 Å². The van der Waals surface area contributed by atoms with Gasteiger partial charge in [-0.05, 0) is 43.5 Å². The van der Waals surface area contributed by atoms with Crippen LogP contribution in [0.25, 0.3) is 0 Å². The van der Waals surface area contributed by atoms with Crippen molar-refractivity contribution in [3.05, 3.63) is 29.3 Å². The maximum absolute atomic E-state index is 12.4. The Morgan fingerprint density at radius 1 is 1.39 bits per heavy atom. The lowest BCUT2D eigenvalue weighted by atomic mass is 9.94. The Hall–Kier alpha value is -1.38. The molecule has 1 fully saturated rings. The van der Waals surface area contributed by atoms with E-state index in [0.29, 0.717) is 11.1 Å². The highest BCUT2D eigenvalue weighted by molar-refractivity contribution is 7.89. The van der Waals surface area contributed by atoms with Gasteiger partial charge in [-0.3, -0.25) is 0 Å². The molecule has 0 N–H and O–H groups in total. The number of hydrogen-bond donors (Lipinski definition) is 0. The molecule has 0 atom stereocenters. The molecule has 0 amide bonds. The summed E-state index contributed by atoms with van der Waals surface area (Å²) >= 11 is 0. The van der Waals surface area contributed by atoms with Crippen LogP contribution < -0.4 is 0 Å². The minimum Gasteiger partial charge on any atom is -0.207 e. The normalized spacial score (nSPS) is 16.3. The van der Waals surface area contributed by atoms with Gasteiger partial charge in [0.1, 0.15) is 0 Å². The van der Waals surface area contributed by atoms with E-state index in [9.17, 15) is 8.42 Å². The quantitative estimate of drug-likeness (QED) is 0.839. The summed E-state index contributed by atoms with van der Waals surface area (Å²) in [5.41, 5.74) is 1.21. The lowest BCUT2D eigenvalue weighted by Crippen LogP contribution is -2.41. The highest BCUT2D eigenvalue weighted by Gasteiger charge is 2.31. The number of aryl methyl sites for hydroxylation is 1. The van der Waals surface area contributed by atoms with Gasteiger partial charge in [0.25, 0.3) is 0 Å². The monoisotopic (exact) mass is 264 g/mol. The Bertz CT molecular complexity index is 598. The average Bonchev–Trinajstić information content (AvgIpc) is 2.26. The minimum atomic E-state index is -3.42. The second-order valence-corrected chi connectivity index (χ2v) is 6.69. The zero-order valence-corrected chi connectivity index (χ0v) is 11.4. The molecule has 18 heavy (non-hydrogen) atoms. The molecule has 0 saturated heterocycles. The molecule has 0 unspecified atom stereocenters. The number of sulfonamides is 1. The van der Waals surface area contributed by atoms with Crippen LogP contribution in [0.15, 0.2) is 23.1 Å². The first-order valence-electron chi connectivity index (χ1n) is 5.95. The number of nitriles is 1. The minimum absolute atomic E-state index is 0.131. The number of hydrogen-bond acceptors (Lipinski definition) is 3. The summed E-state index contributed by atoms with van der Waals surface area (Å²) in [7, 11) is -1.79. The van der Waals surface area contributed by atoms with Gasteiger partial charge in [-0.15, -0.1) is 0 Å². The fraction of sp³-hybridized carbons (Fsp3) is 0.462. The van der Waals surface area contributed by atoms with Gasteiger partial charge < -0.3 is 0 Å².